The third kappa shape index (κ3) is 4.66. The van der Waals surface area contributed by atoms with Gasteiger partial charge >= 0.3 is 0 Å². The van der Waals surface area contributed by atoms with Gasteiger partial charge in [0.15, 0.2) is 0 Å². The number of likely N-dealkylation sites (N-methyl/N-ethyl adjacent to an activating group) is 1. The number of hydrogen-bond donors (Lipinski definition) is 1. The maximum Gasteiger partial charge on any atom is 0.261 e. The van der Waals surface area contributed by atoms with Crippen LogP contribution in [0.25, 0.3) is 10.9 Å². The fourth-order valence-corrected chi connectivity index (χ4v) is 4.15. The zero-order valence-electron chi connectivity index (χ0n) is 16.5. The van der Waals surface area contributed by atoms with E-state index in [4.69, 9.17) is 0 Å². The number of nitrogens with zero attached hydrogens (tertiary/aromatic N) is 3. The number of aryl methyl sites for hydroxylation is 2. The first-order valence-electron chi connectivity index (χ1n) is 9.38. The quantitative estimate of drug-likeness (QED) is 0.633. The number of carbonyl (C=O) groups is 1. The van der Waals surface area contributed by atoms with Crippen LogP contribution in [0.2, 0.25) is 0 Å². The predicted molar refractivity (Wildman–Crippen MR) is 114 cm³/mol. The molecule has 0 bridgehead atoms. The van der Waals surface area contributed by atoms with Crippen LogP contribution in [0.15, 0.2) is 46.8 Å². The van der Waals surface area contributed by atoms with Gasteiger partial charge in [-0.05, 0) is 50.5 Å². The minimum Gasteiger partial charge on any atom is -0.354 e. The molecule has 0 saturated carbocycles. The molecule has 0 fully saturated rings. The molecule has 0 aliphatic carbocycles. The number of aromatic nitrogens is 2. The summed E-state index contributed by atoms with van der Waals surface area (Å²) in [6.45, 7) is 2.99. The molecule has 2 heterocycles. The van der Waals surface area contributed by atoms with E-state index in [0.717, 1.165) is 11.1 Å². The van der Waals surface area contributed by atoms with Gasteiger partial charge in [-0.25, -0.2) is 4.98 Å². The van der Waals surface area contributed by atoms with Crippen molar-refractivity contribution in [2.24, 2.45) is 0 Å². The molecule has 0 aliphatic heterocycles. The molecule has 148 valence electrons. The number of para-hydroxylation sites is 1. The summed E-state index contributed by atoms with van der Waals surface area (Å²) in [5.41, 5.74) is 1.67. The van der Waals surface area contributed by atoms with Gasteiger partial charge in [0.05, 0.1) is 23.3 Å². The fourth-order valence-electron chi connectivity index (χ4n) is 3.22. The van der Waals surface area contributed by atoms with E-state index in [1.54, 1.807) is 28.3 Å². The Morgan fingerprint density at radius 1 is 1.29 bits per heavy atom. The maximum absolute atomic E-state index is 12.6. The molecule has 0 aliphatic rings. The molecule has 28 heavy (non-hydrogen) atoms. The molecule has 0 saturated heterocycles. The van der Waals surface area contributed by atoms with Gasteiger partial charge in [0, 0.05) is 24.4 Å². The van der Waals surface area contributed by atoms with Crippen molar-refractivity contribution in [3.05, 3.63) is 62.8 Å². The number of benzene rings is 1. The van der Waals surface area contributed by atoms with Crippen LogP contribution in [-0.4, -0.2) is 41.0 Å². The molecule has 2 aromatic heterocycles. The molecule has 1 unspecified atom stereocenters. The third-order valence-electron chi connectivity index (χ3n) is 4.85. The molecule has 1 amide bonds. The molecule has 1 aromatic carbocycles. The van der Waals surface area contributed by atoms with Crippen molar-refractivity contribution < 1.29 is 4.79 Å². The zero-order valence-corrected chi connectivity index (χ0v) is 17.3. The number of fused-ring (bicyclic) bond motifs is 1. The summed E-state index contributed by atoms with van der Waals surface area (Å²) in [6.07, 6.45) is 2.55. The van der Waals surface area contributed by atoms with E-state index in [0.29, 0.717) is 31.3 Å². The Bertz CT molecular complexity index is 995. The Morgan fingerprint density at radius 3 is 2.82 bits per heavy atom. The van der Waals surface area contributed by atoms with Crippen molar-refractivity contribution in [3.8, 4) is 0 Å². The minimum absolute atomic E-state index is 0.000970. The number of amides is 1. The Hall–Kier alpha value is -2.51. The zero-order chi connectivity index (χ0) is 20.1. The molecule has 3 aromatic rings. The Kier molecular flexibility index (Phi) is 6.59. The lowest BCUT2D eigenvalue weighted by Crippen LogP contribution is -2.34. The lowest BCUT2D eigenvalue weighted by molar-refractivity contribution is -0.121. The molecule has 3 rings (SSSR count). The maximum atomic E-state index is 12.6. The highest BCUT2D eigenvalue weighted by Gasteiger charge is 2.16. The standard InChI is InChI=1S/C21H26N4O2S/c1-15-7-4-8-16-20(15)23-14-25(21(16)27)11-5-10-19(26)22-13-17(24(2)3)18-9-6-12-28-18/h4,6-9,12,14,17H,5,10-11,13H2,1-3H3,(H,22,26). The summed E-state index contributed by atoms with van der Waals surface area (Å²) in [5.74, 6) is 0.000970. The van der Waals surface area contributed by atoms with Crippen molar-refractivity contribution in [1.29, 1.82) is 0 Å². The second-order valence-corrected chi connectivity index (χ2v) is 8.10. The largest absolute Gasteiger partial charge is 0.354 e. The number of hydrogen-bond acceptors (Lipinski definition) is 5. The average Bonchev–Trinajstić information content (AvgIpc) is 3.18. The first-order valence-corrected chi connectivity index (χ1v) is 10.3. The normalized spacial score (nSPS) is 12.4. The molecular weight excluding hydrogens is 372 g/mol. The molecule has 7 heteroatoms. The van der Waals surface area contributed by atoms with Crippen molar-refractivity contribution in [1.82, 2.24) is 19.8 Å². The van der Waals surface area contributed by atoms with Crippen molar-refractivity contribution >= 4 is 28.1 Å². The Labute approximate surface area is 168 Å². The second-order valence-electron chi connectivity index (χ2n) is 7.12. The number of rotatable bonds is 8. The number of carbonyl (C=O) groups excluding carboxylic acids is 1. The highest BCUT2D eigenvalue weighted by Crippen LogP contribution is 2.22. The smallest absolute Gasteiger partial charge is 0.261 e. The molecule has 0 radical (unpaired) electrons. The van der Waals surface area contributed by atoms with Crippen LogP contribution in [-0.2, 0) is 11.3 Å². The summed E-state index contributed by atoms with van der Waals surface area (Å²) in [5, 5.41) is 5.68. The van der Waals surface area contributed by atoms with Crippen molar-refractivity contribution in [2.75, 3.05) is 20.6 Å². The molecule has 0 spiro atoms. The number of thiophene rings is 1. The summed E-state index contributed by atoms with van der Waals surface area (Å²) in [4.78, 5) is 32.6. The monoisotopic (exact) mass is 398 g/mol. The van der Waals surface area contributed by atoms with Crippen LogP contribution >= 0.6 is 11.3 Å². The summed E-state index contributed by atoms with van der Waals surface area (Å²) < 4.78 is 1.59. The lowest BCUT2D eigenvalue weighted by Gasteiger charge is -2.23. The van der Waals surface area contributed by atoms with Crippen LogP contribution in [0.5, 0.6) is 0 Å². The highest BCUT2D eigenvalue weighted by molar-refractivity contribution is 7.10. The van der Waals surface area contributed by atoms with Gasteiger partial charge in [-0.3, -0.25) is 14.2 Å². The van der Waals surface area contributed by atoms with E-state index in [9.17, 15) is 9.59 Å². The van der Waals surface area contributed by atoms with E-state index in [1.807, 2.05) is 44.6 Å². The Balaban J connectivity index is 1.54. The molecular formula is C21H26N4O2S. The lowest BCUT2D eigenvalue weighted by atomic mass is 10.1. The van der Waals surface area contributed by atoms with Gasteiger partial charge in [-0.1, -0.05) is 18.2 Å². The Morgan fingerprint density at radius 2 is 2.11 bits per heavy atom. The van der Waals surface area contributed by atoms with Gasteiger partial charge in [0.25, 0.3) is 5.56 Å². The average molecular weight is 399 g/mol. The van der Waals surface area contributed by atoms with E-state index >= 15 is 0 Å². The van der Waals surface area contributed by atoms with Crippen LogP contribution < -0.4 is 10.9 Å². The predicted octanol–water partition coefficient (Wildman–Crippen LogP) is 2.97. The van der Waals surface area contributed by atoms with Crippen LogP contribution in [0.1, 0.15) is 29.3 Å². The van der Waals surface area contributed by atoms with Gasteiger partial charge in [-0.2, -0.15) is 0 Å². The highest BCUT2D eigenvalue weighted by atomic mass is 32.1. The first-order chi connectivity index (χ1) is 13.5. The van der Waals surface area contributed by atoms with Gasteiger partial charge in [0.1, 0.15) is 0 Å². The molecule has 6 nitrogen and oxygen atoms in total. The topological polar surface area (TPSA) is 67.2 Å². The third-order valence-corrected chi connectivity index (χ3v) is 5.82. The summed E-state index contributed by atoms with van der Waals surface area (Å²) in [7, 11) is 4.02. The van der Waals surface area contributed by atoms with Gasteiger partial charge in [-0.15, -0.1) is 11.3 Å². The van der Waals surface area contributed by atoms with E-state index in [2.05, 4.69) is 21.3 Å². The van der Waals surface area contributed by atoms with Crippen LogP contribution in [0.4, 0.5) is 0 Å². The van der Waals surface area contributed by atoms with Crippen LogP contribution in [0, 0.1) is 6.92 Å². The summed E-state index contributed by atoms with van der Waals surface area (Å²) in [6, 6.07) is 9.89. The second kappa shape index (κ2) is 9.12. The SMILES string of the molecule is Cc1cccc2c(=O)n(CCCC(=O)NCC(c3cccs3)N(C)C)cnc12. The van der Waals surface area contributed by atoms with Crippen molar-refractivity contribution in [3.63, 3.8) is 0 Å². The number of nitrogens with one attached hydrogen (secondary N) is 1. The molecule has 1 atom stereocenters. The summed E-state index contributed by atoms with van der Waals surface area (Å²) >= 11 is 1.69. The van der Waals surface area contributed by atoms with E-state index in [-0.39, 0.29) is 17.5 Å². The first kappa shape index (κ1) is 20.2. The fraction of sp³-hybridized carbons (Fsp3) is 0.381. The minimum atomic E-state index is -0.0560. The van der Waals surface area contributed by atoms with Crippen molar-refractivity contribution in [2.45, 2.75) is 32.4 Å². The van der Waals surface area contributed by atoms with Crippen LogP contribution in [0.3, 0.4) is 0 Å². The van der Waals surface area contributed by atoms with E-state index in [1.165, 1.54) is 4.88 Å². The molecule has 1 N–H and O–H groups in total. The van der Waals surface area contributed by atoms with Gasteiger partial charge < -0.3 is 10.2 Å². The van der Waals surface area contributed by atoms with E-state index < -0.39 is 0 Å². The van der Waals surface area contributed by atoms with Gasteiger partial charge in [0.2, 0.25) is 5.91 Å².